The van der Waals surface area contributed by atoms with E-state index in [1.54, 1.807) is 24.3 Å². The van der Waals surface area contributed by atoms with Gasteiger partial charge in [0.1, 0.15) is 0 Å². The van der Waals surface area contributed by atoms with Crippen LogP contribution in [0.4, 0.5) is 5.13 Å². The highest BCUT2D eigenvalue weighted by Gasteiger charge is 2.16. The number of aromatic nitrogens is 1. The van der Waals surface area contributed by atoms with Crippen LogP contribution in [-0.2, 0) is 15.4 Å². The van der Waals surface area contributed by atoms with Gasteiger partial charge in [0.15, 0.2) is 5.13 Å². The predicted octanol–water partition coefficient (Wildman–Crippen LogP) is 3.75. The molecule has 0 spiro atoms. The monoisotopic (exact) mass is 403 g/mol. The molecule has 0 bridgehead atoms. The summed E-state index contributed by atoms with van der Waals surface area (Å²) >= 11 is 1.23. The van der Waals surface area contributed by atoms with Crippen LogP contribution in [0.15, 0.2) is 47.4 Å². The Balaban J connectivity index is 1.83. The maximum atomic E-state index is 12.5. The van der Waals surface area contributed by atoms with E-state index in [1.807, 2.05) is 12.1 Å². The number of thiazole rings is 1. The number of nitrogens with zero attached hydrogens (tertiary/aromatic N) is 1. The highest BCUT2D eigenvalue weighted by Crippen LogP contribution is 2.29. The average Bonchev–Trinajstić information content (AvgIpc) is 3.02. The standard InChI is InChI=1S/C19H21N3O3S2/c1-19(2,3)13-7-5-12(6-8-13)17(23)22-18-21-15-10-9-14(11-16(15)26-18)27(24,25)20-4/h5-11,20H,1-4H3,(H,21,22,23). The molecule has 0 aliphatic rings. The topological polar surface area (TPSA) is 88.2 Å². The number of nitrogens with one attached hydrogen (secondary N) is 2. The molecule has 0 unspecified atom stereocenters. The molecule has 1 heterocycles. The maximum Gasteiger partial charge on any atom is 0.257 e. The van der Waals surface area contributed by atoms with Gasteiger partial charge in [-0.25, -0.2) is 18.1 Å². The Labute approximate surface area is 162 Å². The van der Waals surface area contributed by atoms with Crippen molar-refractivity contribution in [3.05, 3.63) is 53.6 Å². The molecule has 1 amide bonds. The minimum Gasteiger partial charge on any atom is -0.298 e. The SMILES string of the molecule is CNS(=O)(=O)c1ccc2nc(NC(=O)c3ccc(C(C)(C)C)cc3)sc2c1. The third-order valence-electron chi connectivity index (χ3n) is 4.17. The van der Waals surface area contributed by atoms with Crippen LogP contribution in [0.1, 0.15) is 36.7 Å². The molecule has 27 heavy (non-hydrogen) atoms. The molecule has 0 aliphatic carbocycles. The summed E-state index contributed by atoms with van der Waals surface area (Å²) in [4.78, 5) is 17.0. The summed E-state index contributed by atoms with van der Waals surface area (Å²) in [5.41, 5.74) is 2.35. The zero-order valence-electron chi connectivity index (χ0n) is 15.5. The van der Waals surface area contributed by atoms with Crippen LogP contribution in [-0.4, -0.2) is 26.4 Å². The van der Waals surface area contributed by atoms with Crippen molar-refractivity contribution in [1.82, 2.24) is 9.71 Å². The van der Waals surface area contributed by atoms with Crippen molar-refractivity contribution in [2.24, 2.45) is 0 Å². The van der Waals surface area contributed by atoms with Crippen LogP contribution in [0.25, 0.3) is 10.2 Å². The molecule has 2 aromatic carbocycles. The highest BCUT2D eigenvalue weighted by molar-refractivity contribution is 7.89. The van der Waals surface area contributed by atoms with Crippen LogP contribution in [0.2, 0.25) is 0 Å². The summed E-state index contributed by atoms with van der Waals surface area (Å²) in [5, 5.41) is 3.21. The van der Waals surface area contributed by atoms with E-state index in [2.05, 4.69) is 35.8 Å². The van der Waals surface area contributed by atoms with Crippen LogP contribution >= 0.6 is 11.3 Å². The molecule has 0 saturated carbocycles. The quantitative estimate of drug-likeness (QED) is 0.694. The van der Waals surface area contributed by atoms with E-state index in [0.29, 0.717) is 20.9 Å². The number of carbonyl (C=O) groups excluding carboxylic acids is 1. The maximum absolute atomic E-state index is 12.5. The second-order valence-electron chi connectivity index (χ2n) is 7.14. The van der Waals surface area contributed by atoms with Crippen molar-refractivity contribution >= 4 is 42.6 Å². The van der Waals surface area contributed by atoms with E-state index < -0.39 is 10.0 Å². The molecule has 0 saturated heterocycles. The number of benzene rings is 2. The molecule has 6 nitrogen and oxygen atoms in total. The number of anilines is 1. The molecule has 0 atom stereocenters. The summed E-state index contributed by atoms with van der Waals surface area (Å²) in [6.07, 6.45) is 0. The normalized spacial score (nSPS) is 12.3. The molecule has 142 valence electrons. The summed E-state index contributed by atoms with van der Waals surface area (Å²) < 4.78 is 26.8. The fourth-order valence-electron chi connectivity index (χ4n) is 2.53. The van der Waals surface area contributed by atoms with E-state index in [9.17, 15) is 13.2 Å². The van der Waals surface area contributed by atoms with Crippen molar-refractivity contribution in [3.63, 3.8) is 0 Å². The second kappa shape index (κ2) is 7.03. The van der Waals surface area contributed by atoms with Gasteiger partial charge < -0.3 is 0 Å². The van der Waals surface area contributed by atoms with Gasteiger partial charge in [-0.3, -0.25) is 10.1 Å². The minimum atomic E-state index is -3.52. The molecule has 0 aliphatic heterocycles. The number of sulfonamides is 1. The van der Waals surface area contributed by atoms with Crippen LogP contribution in [0.5, 0.6) is 0 Å². The smallest absolute Gasteiger partial charge is 0.257 e. The molecule has 3 rings (SSSR count). The van der Waals surface area contributed by atoms with E-state index in [1.165, 1.54) is 24.5 Å². The fourth-order valence-corrected chi connectivity index (χ4v) is 4.26. The lowest BCUT2D eigenvalue weighted by molar-refractivity contribution is 0.102. The van der Waals surface area contributed by atoms with Gasteiger partial charge in [-0.15, -0.1) is 0 Å². The van der Waals surface area contributed by atoms with Gasteiger partial charge in [-0.1, -0.05) is 44.2 Å². The first-order chi connectivity index (χ1) is 12.6. The highest BCUT2D eigenvalue weighted by atomic mass is 32.2. The number of fused-ring (bicyclic) bond motifs is 1. The van der Waals surface area contributed by atoms with Gasteiger partial charge in [0, 0.05) is 5.56 Å². The van der Waals surface area contributed by atoms with Crippen molar-refractivity contribution in [1.29, 1.82) is 0 Å². The summed E-state index contributed by atoms with van der Waals surface area (Å²) in [6.45, 7) is 6.35. The molecule has 0 fully saturated rings. The Kier molecular flexibility index (Phi) is 5.07. The average molecular weight is 404 g/mol. The lowest BCUT2D eigenvalue weighted by atomic mass is 9.87. The first-order valence-electron chi connectivity index (χ1n) is 8.36. The molecule has 3 aromatic rings. The van der Waals surface area contributed by atoms with Gasteiger partial charge in [0.05, 0.1) is 15.1 Å². The van der Waals surface area contributed by atoms with Gasteiger partial charge in [-0.2, -0.15) is 0 Å². The Bertz CT molecular complexity index is 1100. The zero-order valence-corrected chi connectivity index (χ0v) is 17.2. The van der Waals surface area contributed by atoms with Crippen LogP contribution < -0.4 is 10.0 Å². The Morgan fingerprint density at radius 3 is 2.33 bits per heavy atom. The summed E-state index contributed by atoms with van der Waals surface area (Å²) in [6, 6.07) is 12.1. The van der Waals surface area contributed by atoms with Crippen molar-refractivity contribution in [3.8, 4) is 0 Å². The van der Waals surface area contributed by atoms with E-state index >= 15 is 0 Å². The summed E-state index contributed by atoms with van der Waals surface area (Å²) in [5.74, 6) is -0.252. The Morgan fingerprint density at radius 2 is 1.74 bits per heavy atom. The van der Waals surface area contributed by atoms with Gasteiger partial charge in [-0.05, 0) is 48.4 Å². The molecule has 0 radical (unpaired) electrons. The minimum absolute atomic E-state index is 0.0213. The van der Waals surface area contributed by atoms with Gasteiger partial charge >= 0.3 is 0 Å². The number of rotatable bonds is 4. The molecular weight excluding hydrogens is 382 g/mol. The number of amides is 1. The summed E-state index contributed by atoms with van der Waals surface area (Å²) in [7, 11) is -2.16. The first-order valence-corrected chi connectivity index (χ1v) is 10.7. The van der Waals surface area contributed by atoms with Crippen LogP contribution in [0, 0.1) is 0 Å². The number of carbonyl (C=O) groups is 1. The number of hydrogen-bond acceptors (Lipinski definition) is 5. The second-order valence-corrected chi connectivity index (χ2v) is 10.1. The lowest BCUT2D eigenvalue weighted by Crippen LogP contribution is -2.18. The number of hydrogen-bond donors (Lipinski definition) is 2. The first kappa shape index (κ1) is 19.5. The fraction of sp³-hybridized carbons (Fsp3) is 0.263. The van der Waals surface area contributed by atoms with E-state index in [0.717, 1.165) is 5.56 Å². The molecule has 8 heteroatoms. The lowest BCUT2D eigenvalue weighted by Gasteiger charge is -2.18. The third-order valence-corrected chi connectivity index (χ3v) is 6.52. The van der Waals surface area contributed by atoms with Crippen molar-refractivity contribution < 1.29 is 13.2 Å². The van der Waals surface area contributed by atoms with Crippen molar-refractivity contribution in [2.75, 3.05) is 12.4 Å². The molecule has 2 N–H and O–H groups in total. The molecule has 1 aromatic heterocycles. The van der Waals surface area contributed by atoms with E-state index in [-0.39, 0.29) is 16.2 Å². The Morgan fingerprint density at radius 1 is 1.07 bits per heavy atom. The van der Waals surface area contributed by atoms with Gasteiger partial charge in [0.2, 0.25) is 10.0 Å². The Hall–Kier alpha value is -2.29. The molecular formula is C19H21N3O3S2. The van der Waals surface area contributed by atoms with Crippen LogP contribution in [0.3, 0.4) is 0 Å². The largest absolute Gasteiger partial charge is 0.298 e. The third kappa shape index (κ3) is 4.18. The van der Waals surface area contributed by atoms with Gasteiger partial charge in [0.25, 0.3) is 5.91 Å². The predicted molar refractivity (Wildman–Crippen MR) is 109 cm³/mol. The van der Waals surface area contributed by atoms with Crippen molar-refractivity contribution in [2.45, 2.75) is 31.1 Å². The zero-order chi connectivity index (χ0) is 19.8. The van der Waals surface area contributed by atoms with E-state index in [4.69, 9.17) is 0 Å².